The van der Waals surface area contributed by atoms with E-state index in [1.165, 1.54) is 12.7 Å². The van der Waals surface area contributed by atoms with Crippen molar-refractivity contribution in [3.05, 3.63) is 36.0 Å². The van der Waals surface area contributed by atoms with E-state index in [2.05, 4.69) is 53.7 Å². The summed E-state index contributed by atoms with van der Waals surface area (Å²) in [5, 5.41) is 0.543. The summed E-state index contributed by atoms with van der Waals surface area (Å²) in [6.07, 6.45) is 2.08. The van der Waals surface area contributed by atoms with Crippen molar-refractivity contribution in [3.63, 3.8) is 0 Å². The van der Waals surface area contributed by atoms with Gasteiger partial charge in [-0.2, -0.15) is 0 Å². The molecule has 0 aliphatic rings. The zero-order chi connectivity index (χ0) is 12.4. The molecule has 86 valence electrons. The quantitative estimate of drug-likeness (QED) is 0.258. The standard InChI is InChI=1S/C7H9BrO2.C5H10/c1-5(4-8)6(2)7(9)10-3;1-4-5(2)3/h1-2,4H2,3H3;4H,1-3H3. The topological polar surface area (TPSA) is 26.3 Å². The van der Waals surface area contributed by atoms with Crippen LogP contribution >= 0.6 is 15.9 Å². The molecule has 0 bridgehead atoms. The first-order chi connectivity index (χ1) is 6.90. The number of carbonyl (C=O) groups is 1. The minimum atomic E-state index is -0.426. The fraction of sp³-hybridized carbons (Fsp3) is 0.417. The van der Waals surface area contributed by atoms with Gasteiger partial charge in [-0.25, -0.2) is 4.79 Å². The van der Waals surface area contributed by atoms with Crippen LogP contribution in [0.15, 0.2) is 36.0 Å². The molecule has 0 rings (SSSR count). The van der Waals surface area contributed by atoms with Crippen LogP contribution in [-0.4, -0.2) is 18.4 Å². The monoisotopic (exact) mass is 274 g/mol. The van der Waals surface area contributed by atoms with Crippen LogP contribution in [0.25, 0.3) is 0 Å². The molecule has 0 saturated carbocycles. The highest BCUT2D eigenvalue weighted by molar-refractivity contribution is 9.09. The third-order valence-corrected chi connectivity index (χ3v) is 2.27. The summed E-state index contributed by atoms with van der Waals surface area (Å²) in [5.74, 6) is -0.426. The second-order valence-corrected chi connectivity index (χ2v) is 3.63. The Balaban J connectivity index is 0. The average Bonchev–Trinajstić information content (AvgIpc) is 2.26. The van der Waals surface area contributed by atoms with Gasteiger partial charge in [0.1, 0.15) is 0 Å². The van der Waals surface area contributed by atoms with Crippen molar-refractivity contribution < 1.29 is 9.53 Å². The predicted molar refractivity (Wildman–Crippen MR) is 69.2 cm³/mol. The zero-order valence-corrected chi connectivity index (χ0v) is 11.5. The number of hydrogen-bond acceptors (Lipinski definition) is 2. The molecular formula is C12H19BrO2. The molecular weight excluding hydrogens is 256 g/mol. The predicted octanol–water partition coefficient (Wildman–Crippen LogP) is 3.64. The highest BCUT2D eigenvalue weighted by Gasteiger charge is 2.08. The van der Waals surface area contributed by atoms with E-state index in [0.717, 1.165) is 0 Å². The Morgan fingerprint density at radius 3 is 2.00 bits per heavy atom. The highest BCUT2D eigenvalue weighted by atomic mass is 79.9. The molecule has 3 heteroatoms. The van der Waals surface area contributed by atoms with Crippen LogP contribution in [0.2, 0.25) is 0 Å². The maximum absolute atomic E-state index is 10.7. The molecule has 2 nitrogen and oxygen atoms in total. The van der Waals surface area contributed by atoms with Crippen LogP contribution in [-0.2, 0) is 9.53 Å². The first-order valence-electron chi connectivity index (χ1n) is 4.51. The summed E-state index contributed by atoms with van der Waals surface area (Å²) in [6, 6.07) is 0. The van der Waals surface area contributed by atoms with Crippen molar-refractivity contribution in [2.45, 2.75) is 20.8 Å². The lowest BCUT2D eigenvalue weighted by atomic mass is 10.2. The van der Waals surface area contributed by atoms with Crippen LogP contribution < -0.4 is 0 Å². The number of allylic oxidation sites excluding steroid dienone is 2. The first-order valence-corrected chi connectivity index (χ1v) is 5.63. The molecule has 0 aliphatic carbocycles. The molecule has 0 N–H and O–H groups in total. The molecule has 0 fully saturated rings. The van der Waals surface area contributed by atoms with Crippen LogP contribution in [0, 0.1) is 0 Å². The van der Waals surface area contributed by atoms with Gasteiger partial charge in [-0.1, -0.05) is 40.7 Å². The van der Waals surface area contributed by atoms with E-state index in [-0.39, 0.29) is 0 Å². The van der Waals surface area contributed by atoms with E-state index in [9.17, 15) is 4.79 Å². The van der Waals surface area contributed by atoms with Gasteiger partial charge in [0.05, 0.1) is 12.7 Å². The molecule has 0 atom stereocenters. The zero-order valence-electron chi connectivity index (χ0n) is 9.89. The van der Waals surface area contributed by atoms with E-state index in [1.807, 2.05) is 6.92 Å². The fourth-order valence-electron chi connectivity index (χ4n) is 0.348. The summed E-state index contributed by atoms with van der Waals surface area (Å²) >= 11 is 3.14. The van der Waals surface area contributed by atoms with Gasteiger partial charge in [0.25, 0.3) is 0 Å². The fourth-order valence-corrected chi connectivity index (χ4v) is 0.687. The number of esters is 1. The van der Waals surface area contributed by atoms with Crippen LogP contribution in [0.4, 0.5) is 0 Å². The lowest BCUT2D eigenvalue weighted by Crippen LogP contribution is -2.05. The Kier molecular flexibility index (Phi) is 10.7. The van der Waals surface area contributed by atoms with Gasteiger partial charge in [0.15, 0.2) is 0 Å². The molecule has 0 heterocycles. The Hall–Kier alpha value is -0.830. The van der Waals surface area contributed by atoms with E-state index >= 15 is 0 Å². The number of alkyl halides is 1. The summed E-state index contributed by atoms with van der Waals surface area (Å²) in [4.78, 5) is 10.7. The van der Waals surface area contributed by atoms with Crippen molar-refractivity contribution in [2.24, 2.45) is 0 Å². The van der Waals surface area contributed by atoms with Gasteiger partial charge in [-0.05, 0) is 26.3 Å². The van der Waals surface area contributed by atoms with Gasteiger partial charge in [0.2, 0.25) is 0 Å². The lowest BCUT2D eigenvalue weighted by molar-refractivity contribution is -0.135. The van der Waals surface area contributed by atoms with E-state index in [4.69, 9.17) is 0 Å². The van der Waals surface area contributed by atoms with E-state index in [1.54, 1.807) is 0 Å². The van der Waals surface area contributed by atoms with E-state index in [0.29, 0.717) is 16.5 Å². The third kappa shape index (κ3) is 9.47. The van der Waals surface area contributed by atoms with Crippen LogP contribution in [0.1, 0.15) is 20.8 Å². The van der Waals surface area contributed by atoms with Crippen molar-refractivity contribution in [1.29, 1.82) is 0 Å². The summed E-state index contributed by atoms with van der Waals surface area (Å²) in [6.45, 7) is 13.3. The first kappa shape index (κ1) is 16.6. The van der Waals surface area contributed by atoms with Crippen molar-refractivity contribution in [3.8, 4) is 0 Å². The van der Waals surface area contributed by atoms with E-state index < -0.39 is 5.97 Å². The number of carbonyl (C=O) groups excluding carboxylic acids is 1. The van der Waals surface area contributed by atoms with Crippen LogP contribution in [0.3, 0.4) is 0 Å². The molecule has 0 amide bonds. The number of methoxy groups -OCH3 is 1. The lowest BCUT2D eigenvalue weighted by Gasteiger charge is -2.01. The second-order valence-electron chi connectivity index (χ2n) is 3.07. The molecule has 15 heavy (non-hydrogen) atoms. The summed E-state index contributed by atoms with van der Waals surface area (Å²) < 4.78 is 4.41. The SMILES string of the molecule is C=C(CBr)C(=C)C(=O)OC.CC=C(C)C. The minimum Gasteiger partial charge on any atom is -0.465 e. The number of rotatable bonds is 3. The normalized spacial score (nSPS) is 8.07. The molecule has 0 aromatic carbocycles. The molecule has 0 saturated heterocycles. The van der Waals surface area contributed by atoms with Gasteiger partial charge in [-0.3, -0.25) is 0 Å². The smallest absolute Gasteiger partial charge is 0.337 e. The van der Waals surface area contributed by atoms with Crippen molar-refractivity contribution >= 4 is 21.9 Å². The number of ether oxygens (including phenoxy) is 1. The summed E-state index contributed by atoms with van der Waals surface area (Å²) in [7, 11) is 1.31. The molecule has 0 aliphatic heterocycles. The molecule has 0 aromatic rings. The maximum atomic E-state index is 10.7. The molecule has 0 unspecified atom stereocenters. The Labute approximate surface area is 101 Å². The molecule has 0 spiro atoms. The van der Waals surface area contributed by atoms with Crippen molar-refractivity contribution in [2.75, 3.05) is 12.4 Å². The van der Waals surface area contributed by atoms with Gasteiger partial charge < -0.3 is 4.74 Å². The highest BCUT2D eigenvalue weighted by Crippen LogP contribution is 2.08. The Bertz CT molecular complexity index is 243. The van der Waals surface area contributed by atoms with Gasteiger partial charge in [-0.15, -0.1) is 0 Å². The van der Waals surface area contributed by atoms with Gasteiger partial charge in [0, 0.05) is 5.33 Å². The number of halogens is 1. The second kappa shape index (κ2) is 9.71. The number of hydrogen-bond donors (Lipinski definition) is 0. The minimum absolute atomic E-state index is 0.319. The Morgan fingerprint density at radius 2 is 1.80 bits per heavy atom. The summed E-state index contributed by atoms with van der Waals surface area (Å²) in [5.41, 5.74) is 2.34. The third-order valence-electron chi connectivity index (χ3n) is 1.60. The molecule has 0 radical (unpaired) electrons. The largest absolute Gasteiger partial charge is 0.465 e. The molecule has 0 aromatic heterocycles. The maximum Gasteiger partial charge on any atom is 0.337 e. The Morgan fingerprint density at radius 1 is 1.40 bits per heavy atom. The van der Waals surface area contributed by atoms with Gasteiger partial charge >= 0.3 is 5.97 Å². The average molecular weight is 275 g/mol. The van der Waals surface area contributed by atoms with Crippen LogP contribution in [0.5, 0.6) is 0 Å². The van der Waals surface area contributed by atoms with Crippen molar-refractivity contribution in [1.82, 2.24) is 0 Å².